The van der Waals surface area contributed by atoms with Crippen LogP contribution in [0, 0.1) is 3.57 Å². The fraction of sp³-hybridized carbons (Fsp3) is 0.143. The van der Waals surface area contributed by atoms with Gasteiger partial charge in [-0.1, -0.05) is 6.07 Å². The van der Waals surface area contributed by atoms with Crippen molar-refractivity contribution in [2.24, 2.45) is 0 Å². The standard InChI is InChI=1S/C14H14INO2/c1-17-14-6-5-12(16)7-10(14)9-18-13-4-2-3-11(15)8-13/h2-8H,9,16H2,1H3. The number of hydrogen-bond donors (Lipinski definition) is 1. The van der Waals surface area contributed by atoms with Crippen LogP contribution < -0.4 is 15.2 Å². The van der Waals surface area contributed by atoms with E-state index in [1.807, 2.05) is 42.5 Å². The molecule has 0 radical (unpaired) electrons. The molecule has 2 rings (SSSR count). The Kier molecular flexibility index (Phi) is 4.30. The number of rotatable bonds is 4. The van der Waals surface area contributed by atoms with Gasteiger partial charge in [0, 0.05) is 14.8 Å². The quantitative estimate of drug-likeness (QED) is 0.675. The molecule has 4 heteroatoms. The summed E-state index contributed by atoms with van der Waals surface area (Å²) in [7, 11) is 1.64. The molecule has 0 aliphatic heterocycles. The average molecular weight is 355 g/mol. The second kappa shape index (κ2) is 5.95. The molecule has 0 amide bonds. The molecule has 0 saturated heterocycles. The first-order chi connectivity index (χ1) is 8.69. The summed E-state index contributed by atoms with van der Waals surface area (Å²) < 4.78 is 12.1. The summed E-state index contributed by atoms with van der Waals surface area (Å²) in [6.07, 6.45) is 0. The van der Waals surface area contributed by atoms with Crippen LogP contribution in [0.15, 0.2) is 42.5 Å². The number of methoxy groups -OCH3 is 1. The molecule has 0 saturated carbocycles. The van der Waals surface area contributed by atoms with E-state index >= 15 is 0 Å². The summed E-state index contributed by atoms with van der Waals surface area (Å²) in [6, 6.07) is 13.4. The van der Waals surface area contributed by atoms with Gasteiger partial charge in [0.25, 0.3) is 0 Å². The Morgan fingerprint density at radius 1 is 1.17 bits per heavy atom. The molecule has 0 aromatic heterocycles. The Hall–Kier alpha value is -1.43. The average Bonchev–Trinajstić information content (AvgIpc) is 2.37. The SMILES string of the molecule is COc1ccc(N)cc1COc1cccc(I)c1. The van der Waals surface area contributed by atoms with Crippen molar-refractivity contribution in [2.75, 3.05) is 12.8 Å². The molecule has 0 bridgehead atoms. The van der Waals surface area contributed by atoms with E-state index in [1.54, 1.807) is 7.11 Å². The number of nitrogens with two attached hydrogens (primary N) is 1. The summed E-state index contributed by atoms with van der Waals surface area (Å²) in [6.45, 7) is 0.439. The van der Waals surface area contributed by atoms with Crippen molar-refractivity contribution in [2.45, 2.75) is 6.61 Å². The Labute approximate surface area is 120 Å². The largest absolute Gasteiger partial charge is 0.496 e. The lowest BCUT2D eigenvalue weighted by atomic mass is 10.2. The summed E-state index contributed by atoms with van der Waals surface area (Å²) >= 11 is 2.25. The summed E-state index contributed by atoms with van der Waals surface area (Å²) in [4.78, 5) is 0. The number of anilines is 1. The molecule has 0 spiro atoms. The van der Waals surface area contributed by atoms with E-state index in [9.17, 15) is 0 Å². The van der Waals surface area contributed by atoms with E-state index < -0.39 is 0 Å². The number of halogens is 1. The van der Waals surface area contributed by atoms with Crippen LogP contribution in [0.1, 0.15) is 5.56 Å². The number of ether oxygens (including phenoxy) is 2. The van der Waals surface area contributed by atoms with Crippen LogP contribution in [0.2, 0.25) is 0 Å². The van der Waals surface area contributed by atoms with Gasteiger partial charge in [0.15, 0.2) is 0 Å². The van der Waals surface area contributed by atoms with Crippen LogP contribution in [0.25, 0.3) is 0 Å². The van der Waals surface area contributed by atoms with E-state index in [4.69, 9.17) is 15.2 Å². The first-order valence-electron chi connectivity index (χ1n) is 5.50. The van der Waals surface area contributed by atoms with Gasteiger partial charge in [-0.05, 0) is 59.0 Å². The lowest BCUT2D eigenvalue weighted by molar-refractivity contribution is 0.296. The van der Waals surface area contributed by atoms with E-state index in [-0.39, 0.29) is 0 Å². The second-order valence-electron chi connectivity index (χ2n) is 3.82. The third-order valence-corrected chi connectivity index (χ3v) is 3.17. The third kappa shape index (κ3) is 3.29. The molecule has 0 aliphatic carbocycles. The van der Waals surface area contributed by atoms with Gasteiger partial charge in [0.2, 0.25) is 0 Å². The predicted molar refractivity (Wildman–Crippen MR) is 80.9 cm³/mol. The zero-order valence-electron chi connectivity index (χ0n) is 10.0. The monoisotopic (exact) mass is 355 g/mol. The minimum absolute atomic E-state index is 0.439. The van der Waals surface area contributed by atoms with Gasteiger partial charge in [-0.25, -0.2) is 0 Å². The topological polar surface area (TPSA) is 44.5 Å². The molecule has 2 aromatic carbocycles. The van der Waals surface area contributed by atoms with E-state index in [2.05, 4.69) is 22.6 Å². The Balaban J connectivity index is 2.12. The molecular weight excluding hydrogens is 341 g/mol. The number of nitrogen functional groups attached to an aromatic ring is 1. The molecule has 0 aliphatic rings. The smallest absolute Gasteiger partial charge is 0.125 e. The first-order valence-corrected chi connectivity index (χ1v) is 6.57. The van der Waals surface area contributed by atoms with Gasteiger partial charge in [0.05, 0.1) is 7.11 Å². The van der Waals surface area contributed by atoms with Gasteiger partial charge in [-0.3, -0.25) is 0 Å². The second-order valence-corrected chi connectivity index (χ2v) is 5.06. The van der Waals surface area contributed by atoms with E-state index in [0.717, 1.165) is 20.6 Å². The van der Waals surface area contributed by atoms with E-state index in [0.29, 0.717) is 12.3 Å². The fourth-order valence-corrected chi connectivity index (χ4v) is 2.14. The Bertz CT molecular complexity index is 543. The van der Waals surface area contributed by atoms with Crippen LogP contribution in [-0.4, -0.2) is 7.11 Å². The van der Waals surface area contributed by atoms with Crippen LogP contribution in [0.3, 0.4) is 0 Å². The van der Waals surface area contributed by atoms with Crippen LogP contribution in [-0.2, 0) is 6.61 Å². The first kappa shape index (κ1) is 13.0. The predicted octanol–water partition coefficient (Wildman–Crippen LogP) is 3.46. The molecule has 18 heavy (non-hydrogen) atoms. The van der Waals surface area contributed by atoms with Gasteiger partial charge in [0.1, 0.15) is 18.1 Å². The van der Waals surface area contributed by atoms with Crippen molar-refractivity contribution in [3.05, 3.63) is 51.6 Å². The van der Waals surface area contributed by atoms with Crippen molar-refractivity contribution in [3.8, 4) is 11.5 Å². The normalized spacial score (nSPS) is 10.1. The van der Waals surface area contributed by atoms with Gasteiger partial charge < -0.3 is 15.2 Å². The summed E-state index contributed by atoms with van der Waals surface area (Å²) in [5, 5.41) is 0. The molecule has 94 valence electrons. The Morgan fingerprint density at radius 3 is 2.72 bits per heavy atom. The molecule has 3 nitrogen and oxygen atoms in total. The van der Waals surface area contributed by atoms with Crippen molar-refractivity contribution in [1.29, 1.82) is 0 Å². The van der Waals surface area contributed by atoms with Crippen molar-refractivity contribution >= 4 is 28.3 Å². The van der Waals surface area contributed by atoms with Gasteiger partial charge in [-0.15, -0.1) is 0 Å². The number of benzene rings is 2. The zero-order chi connectivity index (χ0) is 13.0. The Morgan fingerprint density at radius 2 is 2.00 bits per heavy atom. The van der Waals surface area contributed by atoms with Crippen molar-refractivity contribution < 1.29 is 9.47 Å². The minimum atomic E-state index is 0.439. The van der Waals surface area contributed by atoms with Crippen molar-refractivity contribution in [1.82, 2.24) is 0 Å². The van der Waals surface area contributed by atoms with Crippen LogP contribution in [0.4, 0.5) is 5.69 Å². The maximum absolute atomic E-state index is 5.76. The molecule has 2 aromatic rings. The molecule has 0 fully saturated rings. The number of hydrogen-bond acceptors (Lipinski definition) is 3. The molecule has 0 unspecified atom stereocenters. The fourth-order valence-electron chi connectivity index (χ4n) is 1.63. The lowest BCUT2D eigenvalue weighted by Crippen LogP contribution is -2.00. The molecule has 0 atom stereocenters. The van der Waals surface area contributed by atoms with Gasteiger partial charge in [-0.2, -0.15) is 0 Å². The maximum atomic E-state index is 5.76. The molecule has 2 N–H and O–H groups in total. The van der Waals surface area contributed by atoms with Crippen LogP contribution >= 0.6 is 22.6 Å². The maximum Gasteiger partial charge on any atom is 0.125 e. The van der Waals surface area contributed by atoms with Crippen molar-refractivity contribution in [3.63, 3.8) is 0 Å². The highest BCUT2D eigenvalue weighted by Gasteiger charge is 2.04. The molecular formula is C14H14INO2. The van der Waals surface area contributed by atoms with Gasteiger partial charge >= 0.3 is 0 Å². The lowest BCUT2D eigenvalue weighted by Gasteiger charge is -2.11. The third-order valence-electron chi connectivity index (χ3n) is 2.49. The van der Waals surface area contributed by atoms with E-state index in [1.165, 1.54) is 0 Å². The van der Waals surface area contributed by atoms with Crippen LogP contribution in [0.5, 0.6) is 11.5 Å². The summed E-state index contributed by atoms with van der Waals surface area (Å²) in [5.41, 5.74) is 7.41. The molecule has 0 heterocycles. The highest BCUT2D eigenvalue weighted by molar-refractivity contribution is 14.1. The highest BCUT2D eigenvalue weighted by Crippen LogP contribution is 2.23. The summed E-state index contributed by atoms with van der Waals surface area (Å²) in [5.74, 6) is 1.63. The zero-order valence-corrected chi connectivity index (χ0v) is 12.2. The highest BCUT2D eigenvalue weighted by atomic mass is 127. The minimum Gasteiger partial charge on any atom is -0.496 e.